The number of ether oxygens (including phenoxy) is 10. The monoisotopic (exact) mass is 1950 g/mol. The summed E-state index contributed by atoms with van der Waals surface area (Å²) < 4.78 is 61.0. The van der Waals surface area contributed by atoms with Gasteiger partial charge in [0.1, 0.15) is 29.3 Å². The fraction of sp³-hybridized carbons (Fsp3) is 0.724. The molecule has 4 aromatic carbocycles. The van der Waals surface area contributed by atoms with Gasteiger partial charge in [-0.25, -0.2) is 0 Å². The molecule has 0 amide bonds. The molecule has 121 heavy (non-hydrogen) atoms. The van der Waals surface area contributed by atoms with Crippen LogP contribution in [-0.2, 0) is 42.7 Å². The SMILES string of the molecule is C.C=CCCCCCCCCCOc1ccc(-c2ccc(OCCCCCCCCCCC(OCC)OCC)cc2)cc1.C=CCCCCCCCCCOc1ccc(-c2ccc(OCCCCCCCCCCC3OC(CC(C)O)CC(CC4CC(CC)OC(CCCCCCC)O4)O3)cc2)cc1.CCC(C)O.CCCCCCCC=O.[I][V][I]. The van der Waals surface area contributed by atoms with E-state index in [0.717, 1.165) is 185 Å². The van der Waals surface area contributed by atoms with Crippen molar-refractivity contribution in [1.29, 1.82) is 0 Å². The van der Waals surface area contributed by atoms with Gasteiger partial charge in [-0.1, -0.05) is 288 Å². The molecule has 2 fully saturated rings. The minimum absolute atomic E-state index is 0. The molecule has 13 nitrogen and oxygen atoms in total. The molecule has 6 rings (SSSR count). The Morgan fingerprint density at radius 3 is 0.950 bits per heavy atom. The number of aldehydes is 1. The van der Waals surface area contributed by atoms with Gasteiger partial charge in [0.15, 0.2) is 18.9 Å². The molecule has 2 aliphatic rings. The van der Waals surface area contributed by atoms with Crippen LogP contribution in [0.5, 0.6) is 23.0 Å². The molecule has 2 saturated heterocycles. The summed E-state index contributed by atoms with van der Waals surface area (Å²) in [6.07, 6.45) is 66.0. The third-order valence-corrected chi connectivity index (χ3v) is 22.2. The van der Waals surface area contributed by atoms with Crippen LogP contribution in [-0.4, -0.2) is 112 Å². The van der Waals surface area contributed by atoms with Gasteiger partial charge < -0.3 is 62.4 Å². The zero-order valence-electron chi connectivity index (χ0n) is 77.2. The van der Waals surface area contributed by atoms with Crippen LogP contribution in [0.2, 0.25) is 0 Å². The molecule has 0 radical (unpaired) electrons. The van der Waals surface area contributed by atoms with E-state index in [0.29, 0.717) is 15.9 Å². The van der Waals surface area contributed by atoms with E-state index in [4.69, 9.17) is 52.5 Å². The molecule has 2 N–H and O–H groups in total. The Labute approximate surface area is 771 Å². The zero-order valence-corrected chi connectivity index (χ0v) is 82.9. The molecule has 0 aliphatic carbocycles. The molecule has 0 saturated carbocycles. The van der Waals surface area contributed by atoms with Gasteiger partial charge in [0.05, 0.1) is 63.1 Å². The predicted octanol–water partition coefficient (Wildman–Crippen LogP) is 31.9. The number of carbonyl (C=O) groups excluding carboxylic acids is 1. The van der Waals surface area contributed by atoms with Crippen LogP contribution in [0.3, 0.4) is 0 Å². The molecule has 8 atom stereocenters. The van der Waals surface area contributed by atoms with Gasteiger partial charge in [-0.05, 0) is 214 Å². The standard InChI is InChI=1S/C54H88O7.C38H60O4.C8H16O.C4H10O.CH4.2HI.V/c1-5-8-10-12-13-15-18-22-26-38-56-48-34-30-45(31-35-48)46-32-36-49(37-33-46)57-39-27-23-19-16-14-17-21-25-29-54-59-50(40-44(4)55)42-52(61-54)43-51-41-47(7-3)58-53(60-51)28-24-20-11-9-6-2;1-4-7-8-9-10-12-15-18-21-32-41-36-28-24-34(25-29-36)35-26-30-37(31-27-35)42-33-22-19-16-13-11-14-17-20-23-38(39-5-2)40-6-3;1-2-3-4-5-6-7-8-9;1-3-4(2)5;;;;/h5,30-37,44,47,50-55H,1,6-29,38-43H2,2-4H3;4,24-31,38H,1,5-23,32-33H2,2-3H3;8H,2-7H2,1H3;4-5H,3H2,1-2H3;1H4;2*1H;/q;;;;;;;+2/p-2. The van der Waals surface area contributed by atoms with E-state index in [-0.39, 0.29) is 62.9 Å². The second-order valence-electron chi connectivity index (χ2n) is 33.2. The van der Waals surface area contributed by atoms with Crippen molar-refractivity contribution in [2.75, 3.05) is 39.6 Å². The molecular formula is C105H178I2O13V. The van der Waals surface area contributed by atoms with Crippen molar-refractivity contribution in [2.45, 2.75) is 452 Å². The van der Waals surface area contributed by atoms with Crippen LogP contribution in [0.4, 0.5) is 0 Å². The Morgan fingerprint density at radius 1 is 0.388 bits per heavy atom. The van der Waals surface area contributed by atoms with Crippen LogP contribution in [0.1, 0.15) is 397 Å². The second-order valence-corrected chi connectivity index (χ2v) is 44.9. The molecule has 2 aliphatic heterocycles. The number of unbranched alkanes of at least 4 members (excludes halogenated alkanes) is 37. The van der Waals surface area contributed by atoms with Crippen molar-refractivity contribution in [3.8, 4) is 45.3 Å². The molecule has 4 aromatic rings. The van der Waals surface area contributed by atoms with E-state index >= 15 is 0 Å². The van der Waals surface area contributed by atoms with Gasteiger partial charge in [0.25, 0.3) is 0 Å². The number of hydrogen-bond acceptors (Lipinski definition) is 13. The van der Waals surface area contributed by atoms with Crippen LogP contribution >= 0.6 is 40.0 Å². The minimum atomic E-state index is -0.378. The molecular weight excluding hydrogens is 1770 g/mol. The summed E-state index contributed by atoms with van der Waals surface area (Å²) in [5.74, 6) is 3.79. The van der Waals surface area contributed by atoms with Crippen LogP contribution < -0.4 is 18.9 Å². The normalized spacial score (nSPS) is 16.5. The number of allylic oxidation sites excluding steroid dienone is 2. The average molecular weight is 1950 g/mol. The number of benzene rings is 4. The Hall–Kier alpha value is -3.05. The number of halogens is 2. The molecule has 8 unspecified atom stereocenters. The average Bonchev–Trinajstić information content (AvgIpc) is 0.798. The number of aliphatic hydroxyl groups is 2. The topological polar surface area (TPSA) is 150 Å². The van der Waals surface area contributed by atoms with Crippen LogP contribution in [0, 0.1) is 0 Å². The van der Waals surface area contributed by atoms with Crippen LogP contribution in [0.15, 0.2) is 122 Å². The van der Waals surface area contributed by atoms with E-state index in [9.17, 15) is 9.90 Å². The van der Waals surface area contributed by atoms with Crippen molar-refractivity contribution in [3.63, 3.8) is 0 Å². The van der Waals surface area contributed by atoms with Crippen molar-refractivity contribution in [1.82, 2.24) is 0 Å². The van der Waals surface area contributed by atoms with E-state index in [1.165, 1.54) is 234 Å². The summed E-state index contributed by atoms with van der Waals surface area (Å²) in [5, 5.41) is 18.5. The van der Waals surface area contributed by atoms with Gasteiger partial charge in [-0.15, -0.1) is 13.2 Å². The van der Waals surface area contributed by atoms with Crippen molar-refractivity contribution >= 4 is 46.2 Å². The number of hydrogen-bond donors (Lipinski definition) is 2. The van der Waals surface area contributed by atoms with E-state index in [1.807, 2.05) is 39.8 Å². The number of carbonyl (C=O) groups is 1. The summed E-state index contributed by atoms with van der Waals surface area (Å²) in [4.78, 5) is 9.84. The van der Waals surface area contributed by atoms with Crippen molar-refractivity contribution < 1.29 is 71.8 Å². The van der Waals surface area contributed by atoms with Crippen molar-refractivity contribution in [2.24, 2.45) is 0 Å². The number of aliphatic hydroxyl groups excluding tert-OH is 2. The first kappa shape index (κ1) is 116. The summed E-state index contributed by atoms with van der Waals surface area (Å²) in [6, 6.07) is 33.9. The predicted molar refractivity (Wildman–Crippen MR) is 527 cm³/mol. The molecule has 16 heteroatoms. The molecule has 0 spiro atoms. The second kappa shape index (κ2) is 85.1. The molecule has 0 bridgehead atoms. The zero-order chi connectivity index (χ0) is 87.0. The van der Waals surface area contributed by atoms with Crippen molar-refractivity contribution in [3.05, 3.63) is 122 Å². The Balaban J connectivity index is 0.00000105. The Bertz CT molecular complexity index is 2850. The fourth-order valence-corrected chi connectivity index (χ4v) is 15.0. The molecule has 2 heterocycles. The van der Waals surface area contributed by atoms with Gasteiger partial charge in [0, 0.05) is 38.9 Å². The van der Waals surface area contributed by atoms with Crippen LogP contribution in [0.25, 0.3) is 22.3 Å². The maximum atomic E-state index is 10.2. The fourth-order valence-electron chi connectivity index (χ4n) is 15.0. The third-order valence-electron chi connectivity index (χ3n) is 22.2. The maximum absolute atomic E-state index is 10.2. The quantitative estimate of drug-likeness (QED) is 0.0142. The molecule has 695 valence electrons. The summed E-state index contributed by atoms with van der Waals surface area (Å²) >= 11 is 4.74. The number of rotatable bonds is 70. The third kappa shape index (κ3) is 66.9. The Kier molecular flexibility index (Phi) is 81.5. The Morgan fingerprint density at radius 2 is 0.661 bits per heavy atom. The van der Waals surface area contributed by atoms with E-state index in [1.54, 1.807) is 6.92 Å². The molecule has 0 aromatic heterocycles. The first-order chi connectivity index (χ1) is 58.8. The summed E-state index contributed by atoms with van der Waals surface area (Å²) in [5.41, 5.74) is 4.79. The van der Waals surface area contributed by atoms with E-state index in [2.05, 4.69) is 171 Å². The van der Waals surface area contributed by atoms with E-state index < -0.39 is 0 Å². The first-order valence-corrected chi connectivity index (χ1v) is 57.5. The van der Waals surface area contributed by atoms with Gasteiger partial charge in [-0.3, -0.25) is 0 Å². The summed E-state index contributed by atoms with van der Waals surface area (Å²) in [6.45, 7) is 28.5. The van der Waals surface area contributed by atoms with Gasteiger partial charge >= 0.3 is 49.4 Å². The van der Waals surface area contributed by atoms with Gasteiger partial charge in [-0.2, -0.15) is 0 Å². The summed E-state index contributed by atoms with van der Waals surface area (Å²) in [7, 11) is 0.628. The van der Waals surface area contributed by atoms with Gasteiger partial charge in [0.2, 0.25) is 0 Å². The first-order valence-electron chi connectivity index (χ1n) is 48.5.